The van der Waals surface area contributed by atoms with E-state index in [0.29, 0.717) is 13.1 Å². The monoisotopic (exact) mass is 302 g/mol. The van der Waals surface area contributed by atoms with Crippen molar-refractivity contribution in [2.75, 3.05) is 39.3 Å². The van der Waals surface area contributed by atoms with E-state index in [9.17, 15) is 9.59 Å². The standard InChI is InChI=1S/C16H22N4O2/c21-15(19-9-10-19)17-7-5-13-1-2-14(4-3-13)6-8-18-16(22)20-11-12-20/h1-4H,5-12H2,(H,17,21)(H,18,22). The van der Waals surface area contributed by atoms with Crippen molar-refractivity contribution in [1.82, 2.24) is 20.4 Å². The van der Waals surface area contributed by atoms with Crippen molar-refractivity contribution in [1.29, 1.82) is 0 Å². The Morgan fingerprint density at radius 2 is 1.14 bits per heavy atom. The molecule has 2 aliphatic rings. The predicted molar refractivity (Wildman–Crippen MR) is 83.8 cm³/mol. The summed E-state index contributed by atoms with van der Waals surface area (Å²) in [6.07, 6.45) is 1.68. The highest BCUT2D eigenvalue weighted by Gasteiger charge is 2.23. The van der Waals surface area contributed by atoms with Crippen LogP contribution in [0.15, 0.2) is 24.3 Å². The van der Waals surface area contributed by atoms with Gasteiger partial charge in [0, 0.05) is 39.3 Å². The van der Waals surface area contributed by atoms with Crippen LogP contribution in [0.4, 0.5) is 9.59 Å². The van der Waals surface area contributed by atoms with Gasteiger partial charge in [-0.05, 0) is 24.0 Å². The zero-order chi connectivity index (χ0) is 15.4. The van der Waals surface area contributed by atoms with Crippen LogP contribution in [0.5, 0.6) is 0 Å². The minimum Gasteiger partial charge on any atom is -0.338 e. The second kappa shape index (κ2) is 6.68. The number of urea groups is 2. The van der Waals surface area contributed by atoms with E-state index in [2.05, 4.69) is 34.9 Å². The largest absolute Gasteiger partial charge is 0.338 e. The minimum absolute atomic E-state index is 0.0405. The first-order valence-electron chi connectivity index (χ1n) is 7.86. The van der Waals surface area contributed by atoms with E-state index >= 15 is 0 Å². The molecule has 2 heterocycles. The quantitative estimate of drug-likeness (QED) is 0.764. The van der Waals surface area contributed by atoms with E-state index < -0.39 is 0 Å². The highest BCUT2D eigenvalue weighted by atomic mass is 16.2. The average Bonchev–Trinajstić information content (AvgIpc) is 3.41. The third kappa shape index (κ3) is 4.38. The third-order valence-electron chi connectivity index (χ3n) is 3.87. The molecule has 0 aliphatic carbocycles. The molecule has 1 aromatic carbocycles. The Hall–Kier alpha value is -2.24. The van der Waals surface area contributed by atoms with Gasteiger partial charge in [0.1, 0.15) is 0 Å². The van der Waals surface area contributed by atoms with Gasteiger partial charge >= 0.3 is 12.1 Å². The Labute approximate surface area is 130 Å². The SMILES string of the molecule is O=C(NCCc1ccc(CCNC(=O)N2CC2)cc1)N1CC1. The van der Waals surface area contributed by atoms with E-state index in [1.807, 2.05) is 0 Å². The maximum absolute atomic E-state index is 11.5. The van der Waals surface area contributed by atoms with Gasteiger partial charge in [0.05, 0.1) is 0 Å². The smallest absolute Gasteiger partial charge is 0.317 e. The van der Waals surface area contributed by atoms with E-state index in [-0.39, 0.29) is 12.1 Å². The molecule has 2 fully saturated rings. The molecule has 2 aliphatic heterocycles. The number of amides is 4. The van der Waals surface area contributed by atoms with E-state index in [0.717, 1.165) is 39.0 Å². The normalized spacial score (nSPS) is 15.5. The molecule has 6 heteroatoms. The molecule has 2 saturated heterocycles. The van der Waals surface area contributed by atoms with Crippen molar-refractivity contribution in [2.24, 2.45) is 0 Å². The van der Waals surface area contributed by atoms with Crippen LogP contribution in [-0.2, 0) is 12.8 Å². The fourth-order valence-electron chi connectivity index (χ4n) is 2.23. The Morgan fingerprint density at radius 1 is 0.773 bits per heavy atom. The van der Waals surface area contributed by atoms with Crippen molar-refractivity contribution in [3.63, 3.8) is 0 Å². The molecule has 0 aromatic heterocycles. The Bertz CT molecular complexity index is 487. The van der Waals surface area contributed by atoms with Gasteiger partial charge in [-0.15, -0.1) is 0 Å². The van der Waals surface area contributed by atoms with Crippen molar-refractivity contribution in [3.05, 3.63) is 35.4 Å². The van der Waals surface area contributed by atoms with Crippen molar-refractivity contribution in [2.45, 2.75) is 12.8 Å². The molecule has 118 valence electrons. The Morgan fingerprint density at radius 3 is 1.45 bits per heavy atom. The highest BCUT2D eigenvalue weighted by Crippen LogP contribution is 2.07. The van der Waals surface area contributed by atoms with Crippen molar-refractivity contribution < 1.29 is 9.59 Å². The second-order valence-electron chi connectivity index (χ2n) is 5.75. The van der Waals surface area contributed by atoms with Crippen LogP contribution in [-0.4, -0.2) is 61.1 Å². The van der Waals surface area contributed by atoms with Crippen LogP contribution in [0.3, 0.4) is 0 Å². The molecule has 0 atom stereocenters. The van der Waals surface area contributed by atoms with E-state index in [1.54, 1.807) is 9.80 Å². The van der Waals surface area contributed by atoms with Gasteiger partial charge < -0.3 is 20.4 Å². The number of carbonyl (C=O) groups is 2. The van der Waals surface area contributed by atoms with E-state index in [4.69, 9.17) is 0 Å². The fraction of sp³-hybridized carbons (Fsp3) is 0.500. The molecular weight excluding hydrogens is 280 g/mol. The van der Waals surface area contributed by atoms with Gasteiger partial charge in [0.2, 0.25) is 0 Å². The molecule has 0 unspecified atom stereocenters. The van der Waals surface area contributed by atoms with Crippen LogP contribution in [0.1, 0.15) is 11.1 Å². The topological polar surface area (TPSA) is 64.2 Å². The zero-order valence-corrected chi connectivity index (χ0v) is 12.7. The summed E-state index contributed by atoms with van der Waals surface area (Å²) >= 11 is 0. The molecule has 0 saturated carbocycles. The molecule has 1 aromatic rings. The van der Waals surface area contributed by atoms with Gasteiger partial charge in [0.15, 0.2) is 0 Å². The summed E-state index contributed by atoms with van der Waals surface area (Å²) < 4.78 is 0. The lowest BCUT2D eigenvalue weighted by atomic mass is 10.1. The number of nitrogens with one attached hydrogen (secondary N) is 2. The number of hydrogen-bond donors (Lipinski definition) is 2. The summed E-state index contributed by atoms with van der Waals surface area (Å²) in [7, 11) is 0. The van der Waals surface area contributed by atoms with Crippen LogP contribution in [0.2, 0.25) is 0 Å². The molecule has 0 spiro atoms. The first kappa shape index (κ1) is 14.7. The molecule has 0 radical (unpaired) electrons. The molecule has 2 N–H and O–H groups in total. The summed E-state index contributed by atoms with van der Waals surface area (Å²) in [5.74, 6) is 0. The van der Waals surface area contributed by atoms with Crippen molar-refractivity contribution in [3.8, 4) is 0 Å². The first-order valence-corrected chi connectivity index (χ1v) is 7.86. The highest BCUT2D eigenvalue weighted by molar-refractivity contribution is 5.76. The van der Waals surface area contributed by atoms with Gasteiger partial charge in [-0.25, -0.2) is 9.59 Å². The van der Waals surface area contributed by atoms with Gasteiger partial charge in [-0.1, -0.05) is 24.3 Å². The summed E-state index contributed by atoms with van der Waals surface area (Å²) in [6, 6.07) is 8.43. The van der Waals surface area contributed by atoms with Crippen LogP contribution in [0, 0.1) is 0 Å². The van der Waals surface area contributed by atoms with Gasteiger partial charge in [-0.2, -0.15) is 0 Å². The average molecular weight is 302 g/mol. The lowest BCUT2D eigenvalue weighted by Crippen LogP contribution is -2.30. The molecule has 0 bridgehead atoms. The number of nitrogens with zero attached hydrogens (tertiary/aromatic N) is 2. The minimum atomic E-state index is 0.0405. The lowest BCUT2D eigenvalue weighted by Gasteiger charge is -2.08. The Kier molecular flexibility index (Phi) is 4.46. The summed E-state index contributed by atoms with van der Waals surface area (Å²) in [6.45, 7) is 4.87. The van der Waals surface area contributed by atoms with Crippen molar-refractivity contribution >= 4 is 12.1 Å². The van der Waals surface area contributed by atoms with Crippen LogP contribution in [0.25, 0.3) is 0 Å². The Balaban J connectivity index is 1.34. The number of carbonyl (C=O) groups excluding carboxylic acids is 2. The summed E-state index contributed by atoms with van der Waals surface area (Å²) in [4.78, 5) is 26.5. The van der Waals surface area contributed by atoms with Crippen LogP contribution < -0.4 is 10.6 Å². The summed E-state index contributed by atoms with van der Waals surface area (Å²) in [5, 5.41) is 5.81. The molecule has 3 rings (SSSR count). The number of benzene rings is 1. The predicted octanol–water partition coefficient (Wildman–Crippen LogP) is 0.822. The second-order valence-corrected chi connectivity index (χ2v) is 5.75. The maximum Gasteiger partial charge on any atom is 0.317 e. The van der Waals surface area contributed by atoms with Gasteiger partial charge in [0.25, 0.3) is 0 Å². The lowest BCUT2D eigenvalue weighted by molar-refractivity contribution is 0.229. The summed E-state index contributed by atoms with van der Waals surface area (Å²) in [5.41, 5.74) is 2.42. The van der Waals surface area contributed by atoms with Gasteiger partial charge in [-0.3, -0.25) is 0 Å². The number of hydrogen-bond acceptors (Lipinski definition) is 2. The number of rotatable bonds is 6. The van der Waals surface area contributed by atoms with E-state index in [1.165, 1.54) is 11.1 Å². The van der Waals surface area contributed by atoms with Crippen LogP contribution >= 0.6 is 0 Å². The first-order chi connectivity index (χ1) is 10.7. The fourth-order valence-corrected chi connectivity index (χ4v) is 2.23. The molecule has 22 heavy (non-hydrogen) atoms. The molecular formula is C16H22N4O2. The molecule has 4 amide bonds. The molecule has 6 nitrogen and oxygen atoms in total. The zero-order valence-electron chi connectivity index (χ0n) is 12.7. The maximum atomic E-state index is 11.5. The third-order valence-corrected chi connectivity index (χ3v) is 3.87.